The average Bonchev–Trinajstić information content (AvgIpc) is 3.12. The van der Waals surface area contributed by atoms with Crippen molar-refractivity contribution in [2.75, 3.05) is 13.2 Å². The van der Waals surface area contributed by atoms with Gasteiger partial charge in [-0.3, -0.25) is 24.1 Å². The SMILES string of the molecule is O=C(CCN1C(=O)C2CC=CCC2C1=O)OCC(=O)c1ccc(OC(=O)c2ccc(Cl)c(Cl)c2)cc1. The van der Waals surface area contributed by atoms with Gasteiger partial charge < -0.3 is 9.47 Å². The number of carbonyl (C=O) groups is 5. The fourth-order valence-corrected chi connectivity index (χ4v) is 4.39. The molecule has 4 rings (SSSR count). The number of ether oxygens (including phenoxy) is 2. The van der Waals surface area contributed by atoms with Crippen molar-refractivity contribution in [2.45, 2.75) is 19.3 Å². The number of benzene rings is 2. The van der Waals surface area contributed by atoms with Gasteiger partial charge in [-0.1, -0.05) is 35.4 Å². The first-order chi connectivity index (χ1) is 17.2. The van der Waals surface area contributed by atoms with Crippen LogP contribution in [0.3, 0.4) is 0 Å². The Morgan fingerprint density at radius 1 is 0.861 bits per heavy atom. The van der Waals surface area contributed by atoms with E-state index >= 15 is 0 Å². The van der Waals surface area contributed by atoms with Gasteiger partial charge in [-0.05, 0) is 55.3 Å². The van der Waals surface area contributed by atoms with Crippen LogP contribution >= 0.6 is 23.2 Å². The molecule has 0 saturated carbocycles. The first kappa shape index (κ1) is 25.6. The van der Waals surface area contributed by atoms with Crippen molar-refractivity contribution in [3.05, 3.63) is 75.8 Å². The standard InChI is InChI=1S/C26H21Cl2NO7/c27-20-10-7-16(13-21(20)28)26(34)36-17-8-5-15(6-9-17)22(30)14-35-23(31)11-12-29-24(32)18-3-1-2-4-19(18)25(29)33/h1-2,5-10,13,18-19H,3-4,11-12,14H2. The Morgan fingerprint density at radius 3 is 2.08 bits per heavy atom. The number of hydrogen-bond acceptors (Lipinski definition) is 7. The molecule has 10 heteroatoms. The highest BCUT2D eigenvalue weighted by molar-refractivity contribution is 6.42. The Kier molecular flexibility index (Phi) is 7.86. The number of amides is 2. The topological polar surface area (TPSA) is 107 Å². The third-order valence-electron chi connectivity index (χ3n) is 6.04. The predicted octanol–water partition coefficient (Wildman–Crippen LogP) is 4.28. The van der Waals surface area contributed by atoms with E-state index in [2.05, 4.69) is 0 Å². The van der Waals surface area contributed by atoms with E-state index < -0.39 is 24.3 Å². The summed E-state index contributed by atoms with van der Waals surface area (Å²) in [7, 11) is 0. The maximum atomic E-state index is 12.4. The number of carbonyl (C=O) groups excluding carboxylic acids is 5. The molecule has 1 aliphatic carbocycles. The molecule has 1 heterocycles. The van der Waals surface area contributed by atoms with Gasteiger partial charge >= 0.3 is 11.9 Å². The van der Waals surface area contributed by atoms with Crippen molar-refractivity contribution < 1.29 is 33.4 Å². The van der Waals surface area contributed by atoms with Crippen LogP contribution in [0.25, 0.3) is 0 Å². The van der Waals surface area contributed by atoms with E-state index in [4.69, 9.17) is 32.7 Å². The maximum Gasteiger partial charge on any atom is 0.343 e. The van der Waals surface area contributed by atoms with Gasteiger partial charge in [-0.25, -0.2) is 4.79 Å². The number of esters is 2. The first-order valence-corrected chi connectivity index (χ1v) is 12.0. The summed E-state index contributed by atoms with van der Waals surface area (Å²) in [6, 6.07) is 10.1. The van der Waals surface area contributed by atoms with Gasteiger partial charge in [-0.2, -0.15) is 0 Å². The summed E-state index contributed by atoms with van der Waals surface area (Å²) in [5, 5.41) is 0.528. The van der Waals surface area contributed by atoms with Gasteiger partial charge in [0.1, 0.15) is 5.75 Å². The molecule has 0 aromatic heterocycles. The van der Waals surface area contributed by atoms with Crippen molar-refractivity contribution in [1.29, 1.82) is 0 Å². The molecule has 8 nitrogen and oxygen atoms in total. The zero-order chi connectivity index (χ0) is 25.8. The Morgan fingerprint density at radius 2 is 1.47 bits per heavy atom. The highest BCUT2D eigenvalue weighted by Gasteiger charge is 2.46. The third-order valence-corrected chi connectivity index (χ3v) is 6.78. The second-order valence-corrected chi connectivity index (χ2v) is 9.17. The molecule has 1 aliphatic heterocycles. The number of nitrogens with zero attached hydrogens (tertiary/aromatic N) is 1. The van der Waals surface area contributed by atoms with Crippen LogP contribution in [0.2, 0.25) is 10.0 Å². The van der Waals surface area contributed by atoms with Crippen LogP contribution in [-0.2, 0) is 19.1 Å². The normalized spacial score (nSPS) is 18.7. The number of ketones is 1. The van der Waals surface area contributed by atoms with Gasteiger partial charge in [0.2, 0.25) is 11.8 Å². The molecule has 2 amide bonds. The van der Waals surface area contributed by atoms with Crippen LogP contribution in [0.15, 0.2) is 54.6 Å². The van der Waals surface area contributed by atoms with E-state index in [-0.39, 0.29) is 58.5 Å². The van der Waals surface area contributed by atoms with Crippen LogP contribution in [0.5, 0.6) is 5.75 Å². The lowest BCUT2D eigenvalue weighted by atomic mass is 9.85. The molecule has 2 aromatic carbocycles. The minimum absolute atomic E-state index is 0.0728. The molecule has 186 valence electrons. The molecule has 2 aliphatic rings. The first-order valence-electron chi connectivity index (χ1n) is 11.2. The molecule has 1 fully saturated rings. The van der Waals surface area contributed by atoms with E-state index in [1.54, 1.807) is 0 Å². The number of rotatable bonds is 8. The lowest BCUT2D eigenvalue weighted by molar-refractivity contribution is -0.145. The van der Waals surface area contributed by atoms with Crippen molar-refractivity contribution in [3.8, 4) is 5.75 Å². The Balaban J connectivity index is 1.24. The van der Waals surface area contributed by atoms with E-state index in [0.29, 0.717) is 17.9 Å². The smallest absolute Gasteiger partial charge is 0.343 e. The van der Waals surface area contributed by atoms with Crippen LogP contribution in [0.4, 0.5) is 0 Å². The summed E-state index contributed by atoms with van der Waals surface area (Å²) in [6.07, 6.45) is 4.64. The molecule has 0 N–H and O–H groups in total. The summed E-state index contributed by atoms with van der Waals surface area (Å²) in [4.78, 5) is 62.7. The Hall–Kier alpha value is -3.49. The maximum absolute atomic E-state index is 12.4. The molecule has 1 saturated heterocycles. The largest absolute Gasteiger partial charge is 0.457 e. The summed E-state index contributed by atoms with van der Waals surface area (Å²) in [5.41, 5.74) is 0.461. The lowest BCUT2D eigenvalue weighted by Gasteiger charge is -2.14. The van der Waals surface area contributed by atoms with E-state index in [0.717, 1.165) is 4.90 Å². The number of allylic oxidation sites excluding steroid dienone is 2. The van der Waals surface area contributed by atoms with Crippen LogP contribution in [0, 0.1) is 11.8 Å². The van der Waals surface area contributed by atoms with Gasteiger partial charge in [0.25, 0.3) is 0 Å². The third kappa shape index (κ3) is 5.66. The molecule has 0 spiro atoms. The second-order valence-electron chi connectivity index (χ2n) is 8.36. The average molecular weight is 530 g/mol. The Labute approximate surface area is 216 Å². The quantitative estimate of drug-likeness (QED) is 0.165. The molecule has 2 atom stereocenters. The van der Waals surface area contributed by atoms with E-state index in [9.17, 15) is 24.0 Å². The predicted molar refractivity (Wildman–Crippen MR) is 130 cm³/mol. The highest BCUT2D eigenvalue weighted by atomic mass is 35.5. The van der Waals surface area contributed by atoms with E-state index in [1.165, 1.54) is 42.5 Å². The van der Waals surface area contributed by atoms with Crippen molar-refractivity contribution >= 4 is 52.7 Å². The molecule has 2 unspecified atom stereocenters. The summed E-state index contributed by atoms with van der Waals surface area (Å²) < 4.78 is 10.3. The van der Waals surface area contributed by atoms with Gasteiger partial charge in [0.15, 0.2) is 12.4 Å². The van der Waals surface area contributed by atoms with Crippen molar-refractivity contribution in [1.82, 2.24) is 4.90 Å². The molecule has 36 heavy (non-hydrogen) atoms. The fraction of sp³-hybridized carbons (Fsp3) is 0.269. The number of imide groups is 1. The van der Waals surface area contributed by atoms with Crippen molar-refractivity contribution in [2.24, 2.45) is 11.8 Å². The van der Waals surface area contributed by atoms with Gasteiger partial charge in [0, 0.05) is 12.1 Å². The zero-order valence-corrected chi connectivity index (χ0v) is 20.5. The van der Waals surface area contributed by atoms with Crippen LogP contribution in [-0.4, -0.2) is 47.6 Å². The number of halogens is 2. The monoisotopic (exact) mass is 529 g/mol. The molecular weight excluding hydrogens is 509 g/mol. The number of fused-ring (bicyclic) bond motifs is 1. The molecule has 0 bridgehead atoms. The Bertz CT molecular complexity index is 1230. The summed E-state index contributed by atoms with van der Waals surface area (Å²) in [5.74, 6) is -2.84. The molecule has 0 radical (unpaired) electrons. The minimum atomic E-state index is -0.691. The summed E-state index contributed by atoms with van der Waals surface area (Å²) in [6.45, 7) is -0.575. The van der Waals surface area contributed by atoms with Crippen LogP contribution in [0.1, 0.15) is 40.0 Å². The van der Waals surface area contributed by atoms with Gasteiger partial charge in [-0.15, -0.1) is 0 Å². The highest BCUT2D eigenvalue weighted by Crippen LogP contribution is 2.35. The second kappa shape index (κ2) is 11.1. The number of likely N-dealkylation sites (tertiary alicyclic amines) is 1. The fourth-order valence-electron chi connectivity index (χ4n) is 4.09. The molecular formula is C26H21Cl2NO7. The molecule has 2 aromatic rings. The van der Waals surface area contributed by atoms with Crippen molar-refractivity contribution in [3.63, 3.8) is 0 Å². The van der Waals surface area contributed by atoms with E-state index in [1.807, 2.05) is 12.2 Å². The zero-order valence-electron chi connectivity index (χ0n) is 18.9. The lowest BCUT2D eigenvalue weighted by Crippen LogP contribution is -2.33. The van der Waals surface area contributed by atoms with Crippen LogP contribution < -0.4 is 4.74 Å². The van der Waals surface area contributed by atoms with Gasteiger partial charge in [0.05, 0.1) is 33.9 Å². The number of hydrogen-bond donors (Lipinski definition) is 0. The number of Topliss-reactive ketones (excluding diaryl/α,β-unsaturated/α-hetero) is 1. The summed E-state index contributed by atoms with van der Waals surface area (Å²) >= 11 is 11.8. The minimum Gasteiger partial charge on any atom is -0.457 e.